The van der Waals surface area contributed by atoms with Gasteiger partial charge in [-0.25, -0.2) is 0 Å². The zero-order valence-corrected chi connectivity index (χ0v) is 7.14. The van der Waals surface area contributed by atoms with Crippen molar-refractivity contribution in [2.24, 2.45) is 5.92 Å². The number of hydrogen-bond donors (Lipinski definition) is 0. The SMILES string of the molecule is C[C@@H]1COc2nc([N+](=O)[O-])cn2C1. The molecule has 0 aliphatic carbocycles. The molecule has 0 fully saturated rings. The van der Waals surface area contributed by atoms with E-state index in [0.29, 0.717) is 18.5 Å². The number of nitrogens with zero attached hydrogens (tertiary/aromatic N) is 3. The van der Waals surface area contributed by atoms with E-state index in [4.69, 9.17) is 4.74 Å². The Kier molecular flexibility index (Phi) is 1.68. The van der Waals surface area contributed by atoms with Gasteiger partial charge in [0.1, 0.15) is 6.20 Å². The molecule has 0 N–H and O–H groups in total. The first-order valence-electron chi connectivity index (χ1n) is 4.01. The number of hydrogen-bond acceptors (Lipinski definition) is 4. The first-order chi connectivity index (χ1) is 6.16. The van der Waals surface area contributed by atoms with Crippen LogP contribution in [-0.2, 0) is 6.54 Å². The van der Waals surface area contributed by atoms with Crippen LogP contribution < -0.4 is 4.74 Å². The van der Waals surface area contributed by atoms with Crippen molar-refractivity contribution in [3.05, 3.63) is 16.3 Å². The van der Waals surface area contributed by atoms with Gasteiger partial charge in [0.25, 0.3) is 0 Å². The third kappa shape index (κ3) is 1.34. The van der Waals surface area contributed by atoms with Crippen LogP contribution in [-0.4, -0.2) is 21.1 Å². The summed E-state index contributed by atoms with van der Waals surface area (Å²) in [7, 11) is 0. The molecule has 1 aliphatic rings. The van der Waals surface area contributed by atoms with Gasteiger partial charge in [-0.2, -0.15) is 0 Å². The largest absolute Gasteiger partial charge is 0.445 e. The summed E-state index contributed by atoms with van der Waals surface area (Å²) in [4.78, 5) is 13.6. The van der Waals surface area contributed by atoms with Crippen molar-refractivity contribution in [3.63, 3.8) is 0 Å². The van der Waals surface area contributed by atoms with Crippen molar-refractivity contribution in [2.75, 3.05) is 6.61 Å². The topological polar surface area (TPSA) is 70.2 Å². The zero-order chi connectivity index (χ0) is 9.42. The summed E-state index contributed by atoms with van der Waals surface area (Å²) in [5, 5.41) is 10.4. The minimum absolute atomic E-state index is 0.149. The minimum atomic E-state index is -0.515. The molecule has 0 saturated heterocycles. The third-order valence-corrected chi connectivity index (χ3v) is 1.92. The van der Waals surface area contributed by atoms with Crippen molar-refractivity contribution >= 4 is 5.82 Å². The molecule has 2 heterocycles. The Morgan fingerprint density at radius 1 is 1.85 bits per heavy atom. The number of aromatic nitrogens is 2. The second kappa shape index (κ2) is 2.72. The second-order valence-corrected chi connectivity index (χ2v) is 3.21. The van der Waals surface area contributed by atoms with E-state index >= 15 is 0 Å². The van der Waals surface area contributed by atoms with Crippen LogP contribution in [0.5, 0.6) is 6.01 Å². The van der Waals surface area contributed by atoms with Crippen LogP contribution in [0.2, 0.25) is 0 Å². The Morgan fingerprint density at radius 2 is 2.62 bits per heavy atom. The highest BCUT2D eigenvalue weighted by Crippen LogP contribution is 2.22. The summed E-state index contributed by atoms with van der Waals surface area (Å²) >= 11 is 0. The maximum atomic E-state index is 10.4. The van der Waals surface area contributed by atoms with Crippen molar-refractivity contribution in [3.8, 4) is 6.01 Å². The molecule has 0 aromatic carbocycles. The Bertz CT molecular complexity index is 347. The van der Waals surface area contributed by atoms with E-state index in [-0.39, 0.29) is 5.82 Å². The van der Waals surface area contributed by atoms with E-state index in [0.717, 1.165) is 6.54 Å². The number of fused-ring (bicyclic) bond motifs is 1. The monoisotopic (exact) mass is 183 g/mol. The van der Waals surface area contributed by atoms with E-state index in [1.807, 2.05) is 6.92 Å². The zero-order valence-electron chi connectivity index (χ0n) is 7.14. The molecule has 0 bridgehead atoms. The number of imidazole rings is 1. The number of ether oxygens (including phenoxy) is 1. The molecule has 2 rings (SSSR count). The van der Waals surface area contributed by atoms with Crippen LogP contribution in [0.4, 0.5) is 5.82 Å². The summed E-state index contributed by atoms with van der Waals surface area (Å²) < 4.78 is 6.89. The molecule has 0 saturated carbocycles. The molecule has 6 heteroatoms. The first kappa shape index (κ1) is 8.03. The fourth-order valence-corrected chi connectivity index (χ4v) is 1.32. The highest BCUT2D eigenvalue weighted by atomic mass is 16.6. The van der Waals surface area contributed by atoms with E-state index in [9.17, 15) is 10.1 Å². The van der Waals surface area contributed by atoms with Gasteiger partial charge in [-0.1, -0.05) is 6.92 Å². The van der Waals surface area contributed by atoms with Crippen LogP contribution in [0.25, 0.3) is 0 Å². The average Bonchev–Trinajstić information content (AvgIpc) is 2.46. The molecule has 1 aromatic heterocycles. The van der Waals surface area contributed by atoms with E-state index in [2.05, 4.69) is 4.98 Å². The van der Waals surface area contributed by atoms with Crippen LogP contribution >= 0.6 is 0 Å². The molecule has 0 unspecified atom stereocenters. The minimum Gasteiger partial charge on any atom is -0.445 e. The quantitative estimate of drug-likeness (QED) is 0.477. The summed E-state index contributed by atoms with van der Waals surface area (Å²) in [6.45, 7) is 3.33. The maximum Gasteiger partial charge on any atom is 0.414 e. The molecular formula is C7H9N3O3. The van der Waals surface area contributed by atoms with Crippen molar-refractivity contribution < 1.29 is 9.66 Å². The lowest BCUT2D eigenvalue weighted by atomic mass is 10.2. The second-order valence-electron chi connectivity index (χ2n) is 3.21. The van der Waals surface area contributed by atoms with Gasteiger partial charge in [0, 0.05) is 17.4 Å². The van der Waals surface area contributed by atoms with Gasteiger partial charge in [-0.3, -0.25) is 4.57 Å². The smallest absolute Gasteiger partial charge is 0.414 e. The molecule has 0 amide bonds. The third-order valence-electron chi connectivity index (χ3n) is 1.92. The fourth-order valence-electron chi connectivity index (χ4n) is 1.32. The number of rotatable bonds is 1. The average molecular weight is 183 g/mol. The summed E-state index contributed by atoms with van der Waals surface area (Å²) in [5.74, 6) is 0.227. The first-order valence-corrected chi connectivity index (χ1v) is 4.01. The van der Waals surface area contributed by atoms with Gasteiger partial charge in [0.05, 0.1) is 6.61 Å². The van der Waals surface area contributed by atoms with Crippen LogP contribution in [0.15, 0.2) is 6.20 Å². The van der Waals surface area contributed by atoms with Crippen LogP contribution in [0.1, 0.15) is 6.92 Å². The van der Waals surface area contributed by atoms with Gasteiger partial charge in [0.2, 0.25) is 0 Å². The standard InChI is InChI=1S/C7H9N3O3/c1-5-2-9-3-6(10(11)12)8-7(9)13-4-5/h3,5H,2,4H2,1H3/t5-/m0/s1. The number of nitro groups is 1. The van der Waals surface area contributed by atoms with Gasteiger partial charge >= 0.3 is 11.8 Å². The van der Waals surface area contributed by atoms with E-state index in [1.165, 1.54) is 6.20 Å². The molecule has 6 nitrogen and oxygen atoms in total. The highest BCUT2D eigenvalue weighted by molar-refractivity contribution is 5.21. The fraction of sp³-hybridized carbons (Fsp3) is 0.571. The van der Waals surface area contributed by atoms with Gasteiger partial charge in [-0.05, 0) is 4.92 Å². The highest BCUT2D eigenvalue weighted by Gasteiger charge is 2.25. The Balaban J connectivity index is 2.33. The Morgan fingerprint density at radius 3 is 3.31 bits per heavy atom. The molecule has 1 atom stereocenters. The van der Waals surface area contributed by atoms with Gasteiger partial charge in [-0.15, -0.1) is 0 Å². The van der Waals surface area contributed by atoms with E-state index in [1.54, 1.807) is 4.57 Å². The van der Waals surface area contributed by atoms with Crippen LogP contribution in [0.3, 0.4) is 0 Å². The van der Waals surface area contributed by atoms with Crippen molar-refractivity contribution in [1.29, 1.82) is 0 Å². The lowest BCUT2D eigenvalue weighted by Gasteiger charge is -2.17. The molecule has 1 aliphatic heterocycles. The maximum absolute atomic E-state index is 10.4. The van der Waals surface area contributed by atoms with Crippen LogP contribution in [0, 0.1) is 16.0 Å². The molecule has 70 valence electrons. The molecular weight excluding hydrogens is 174 g/mol. The van der Waals surface area contributed by atoms with Crippen molar-refractivity contribution in [2.45, 2.75) is 13.5 Å². The summed E-state index contributed by atoms with van der Waals surface area (Å²) in [5.41, 5.74) is 0. The molecule has 0 spiro atoms. The molecule has 1 aromatic rings. The van der Waals surface area contributed by atoms with E-state index < -0.39 is 4.92 Å². The summed E-state index contributed by atoms with van der Waals surface area (Å²) in [6.07, 6.45) is 1.41. The lowest BCUT2D eigenvalue weighted by molar-refractivity contribution is -0.389. The van der Waals surface area contributed by atoms with Gasteiger partial charge < -0.3 is 14.9 Å². The van der Waals surface area contributed by atoms with Crippen molar-refractivity contribution in [1.82, 2.24) is 9.55 Å². The molecule has 13 heavy (non-hydrogen) atoms. The summed E-state index contributed by atoms with van der Waals surface area (Å²) in [6, 6.07) is 0.352. The predicted molar refractivity (Wildman–Crippen MR) is 43.5 cm³/mol. The Labute approximate surface area is 74.3 Å². The van der Waals surface area contributed by atoms with Gasteiger partial charge in [0.15, 0.2) is 0 Å². The molecule has 0 radical (unpaired) electrons. The normalized spacial score (nSPS) is 20.5. The lowest BCUT2D eigenvalue weighted by Crippen LogP contribution is -2.22. The predicted octanol–water partition coefficient (Wildman–Crippen LogP) is 0.820. The Hall–Kier alpha value is -1.59.